The van der Waals surface area contributed by atoms with Gasteiger partial charge in [-0.25, -0.2) is 9.38 Å². The van der Waals surface area contributed by atoms with E-state index in [1.54, 1.807) is 6.07 Å². The number of nitrogens with one attached hydrogen (secondary N) is 2. The number of aliphatic imine (C=N–C) groups is 1. The molecule has 6 heteroatoms. The number of anilines is 1. The lowest BCUT2D eigenvalue weighted by molar-refractivity contribution is 0.145. The van der Waals surface area contributed by atoms with Crippen LogP contribution >= 0.6 is 0 Å². The lowest BCUT2D eigenvalue weighted by atomic mass is 10.0. The fraction of sp³-hybridized carbons (Fsp3) is 0.667. The van der Waals surface area contributed by atoms with Gasteiger partial charge in [0.1, 0.15) is 5.82 Å². The van der Waals surface area contributed by atoms with Gasteiger partial charge in [-0.1, -0.05) is 32.8 Å². The molecule has 27 heavy (non-hydrogen) atoms. The van der Waals surface area contributed by atoms with Crippen molar-refractivity contribution in [2.45, 2.75) is 59.1 Å². The molecule has 1 aliphatic rings. The molecule has 0 atom stereocenters. The highest BCUT2D eigenvalue weighted by Crippen LogP contribution is 2.24. The first-order valence-electron chi connectivity index (χ1n) is 10.3. The van der Waals surface area contributed by atoms with Crippen LogP contribution in [-0.4, -0.2) is 43.3 Å². The SMILES string of the molecule is CCNC(=NCc1ccc(N2CCC(O)CC2)c(F)c1)NCC(CC)CC. The van der Waals surface area contributed by atoms with Crippen molar-refractivity contribution in [3.8, 4) is 0 Å². The lowest BCUT2D eigenvalue weighted by Gasteiger charge is -2.31. The van der Waals surface area contributed by atoms with E-state index >= 15 is 0 Å². The average molecular weight is 379 g/mol. The minimum atomic E-state index is -0.255. The molecule has 152 valence electrons. The number of halogens is 1. The van der Waals surface area contributed by atoms with Crippen LogP contribution in [0.3, 0.4) is 0 Å². The summed E-state index contributed by atoms with van der Waals surface area (Å²) >= 11 is 0. The minimum absolute atomic E-state index is 0.214. The number of benzene rings is 1. The monoisotopic (exact) mass is 378 g/mol. The van der Waals surface area contributed by atoms with E-state index in [0.29, 0.717) is 44.1 Å². The Labute approximate surface area is 163 Å². The van der Waals surface area contributed by atoms with Gasteiger partial charge in [-0.2, -0.15) is 0 Å². The Morgan fingerprint density at radius 1 is 1.22 bits per heavy atom. The van der Waals surface area contributed by atoms with Gasteiger partial charge in [0.2, 0.25) is 0 Å². The van der Waals surface area contributed by atoms with Gasteiger partial charge in [0, 0.05) is 26.2 Å². The summed E-state index contributed by atoms with van der Waals surface area (Å²) in [6, 6.07) is 5.36. The Morgan fingerprint density at radius 2 is 1.93 bits per heavy atom. The Hall–Kier alpha value is -1.82. The van der Waals surface area contributed by atoms with E-state index < -0.39 is 0 Å². The van der Waals surface area contributed by atoms with Gasteiger partial charge in [-0.3, -0.25) is 0 Å². The molecule has 2 rings (SSSR count). The number of hydrogen-bond acceptors (Lipinski definition) is 3. The third-order valence-corrected chi connectivity index (χ3v) is 5.29. The molecule has 0 radical (unpaired) electrons. The zero-order valence-corrected chi connectivity index (χ0v) is 17.0. The number of aliphatic hydroxyl groups is 1. The number of piperidine rings is 1. The van der Waals surface area contributed by atoms with Crippen LogP contribution in [0, 0.1) is 11.7 Å². The summed E-state index contributed by atoms with van der Waals surface area (Å²) in [4.78, 5) is 6.61. The van der Waals surface area contributed by atoms with Crippen molar-refractivity contribution in [2.75, 3.05) is 31.1 Å². The van der Waals surface area contributed by atoms with Gasteiger partial charge in [0.15, 0.2) is 5.96 Å². The molecule has 1 fully saturated rings. The van der Waals surface area contributed by atoms with E-state index in [2.05, 4.69) is 29.5 Å². The summed E-state index contributed by atoms with van der Waals surface area (Å²) in [5.74, 6) is 1.20. The van der Waals surface area contributed by atoms with E-state index in [0.717, 1.165) is 37.5 Å². The van der Waals surface area contributed by atoms with E-state index in [-0.39, 0.29) is 11.9 Å². The van der Waals surface area contributed by atoms with Gasteiger partial charge in [-0.05, 0) is 43.4 Å². The van der Waals surface area contributed by atoms with E-state index in [1.807, 2.05) is 24.0 Å². The van der Waals surface area contributed by atoms with Gasteiger partial charge in [0.25, 0.3) is 0 Å². The second-order valence-corrected chi connectivity index (χ2v) is 7.26. The molecule has 0 saturated carbocycles. The normalized spacial score (nSPS) is 16.1. The first-order chi connectivity index (χ1) is 13.1. The number of guanidine groups is 1. The first-order valence-corrected chi connectivity index (χ1v) is 10.3. The zero-order chi connectivity index (χ0) is 19.6. The van der Waals surface area contributed by atoms with Crippen molar-refractivity contribution in [2.24, 2.45) is 10.9 Å². The maximum absolute atomic E-state index is 14.6. The highest BCUT2D eigenvalue weighted by Gasteiger charge is 2.19. The molecule has 0 aromatic heterocycles. The lowest BCUT2D eigenvalue weighted by Crippen LogP contribution is -2.39. The smallest absolute Gasteiger partial charge is 0.191 e. The van der Waals surface area contributed by atoms with Crippen LogP contribution in [0.15, 0.2) is 23.2 Å². The molecular weight excluding hydrogens is 343 g/mol. The van der Waals surface area contributed by atoms with Gasteiger partial charge in [0.05, 0.1) is 18.3 Å². The van der Waals surface area contributed by atoms with Crippen molar-refractivity contribution >= 4 is 11.6 Å². The summed E-state index contributed by atoms with van der Waals surface area (Å²) < 4.78 is 14.6. The first kappa shape index (κ1) is 21.5. The minimum Gasteiger partial charge on any atom is -0.393 e. The molecule has 0 aliphatic carbocycles. The summed E-state index contributed by atoms with van der Waals surface area (Å²) in [5, 5.41) is 16.3. The standard InChI is InChI=1S/C21H35FN4O/c1-4-16(5-2)14-24-21(23-6-3)25-15-17-7-8-20(19(22)13-17)26-11-9-18(27)10-12-26/h7-8,13,16,18,27H,4-6,9-12,14-15H2,1-3H3,(H2,23,24,25). The molecule has 0 spiro atoms. The van der Waals surface area contributed by atoms with Gasteiger partial charge >= 0.3 is 0 Å². The molecule has 3 N–H and O–H groups in total. The van der Waals surface area contributed by atoms with Crippen LogP contribution in [0.4, 0.5) is 10.1 Å². The molecule has 1 saturated heterocycles. The van der Waals surface area contributed by atoms with Gasteiger partial charge in [-0.15, -0.1) is 0 Å². The zero-order valence-electron chi connectivity index (χ0n) is 17.0. The summed E-state index contributed by atoms with van der Waals surface area (Å²) in [6.07, 6.45) is 3.42. The van der Waals surface area contributed by atoms with Crippen molar-refractivity contribution in [3.63, 3.8) is 0 Å². The third-order valence-electron chi connectivity index (χ3n) is 5.29. The molecule has 1 heterocycles. The highest BCUT2D eigenvalue weighted by molar-refractivity contribution is 5.79. The molecule has 0 unspecified atom stereocenters. The Bertz CT molecular complexity index is 596. The van der Waals surface area contributed by atoms with E-state index in [9.17, 15) is 9.50 Å². The van der Waals surface area contributed by atoms with Gasteiger partial charge < -0.3 is 20.6 Å². The van der Waals surface area contributed by atoms with Crippen LogP contribution in [0.2, 0.25) is 0 Å². The van der Waals surface area contributed by atoms with E-state index in [1.165, 1.54) is 0 Å². The molecule has 1 aliphatic heterocycles. The number of nitrogens with zero attached hydrogens (tertiary/aromatic N) is 2. The number of aliphatic hydroxyl groups excluding tert-OH is 1. The fourth-order valence-electron chi connectivity index (χ4n) is 3.34. The molecule has 0 amide bonds. The topological polar surface area (TPSA) is 59.9 Å². The predicted molar refractivity (Wildman–Crippen MR) is 111 cm³/mol. The second-order valence-electron chi connectivity index (χ2n) is 7.26. The van der Waals surface area contributed by atoms with Crippen molar-refractivity contribution in [3.05, 3.63) is 29.6 Å². The van der Waals surface area contributed by atoms with Crippen LogP contribution in [0.25, 0.3) is 0 Å². The number of rotatable bonds is 8. The Morgan fingerprint density at radius 3 is 2.52 bits per heavy atom. The Balaban J connectivity index is 1.98. The molecule has 1 aromatic rings. The Kier molecular flexibility index (Phi) is 8.85. The highest BCUT2D eigenvalue weighted by atomic mass is 19.1. The van der Waals surface area contributed by atoms with Crippen molar-refractivity contribution in [1.82, 2.24) is 10.6 Å². The summed E-state index contributed by atoms with van der Waals surface area (Å²) in [5.41, 5.74) is 1.47. The summed E-state index contributed by atoms with van der Waals surface area (Å²) in [6.45, 7) is 9.96. The fourth-order valence-corrected chi connectivity index (χ4v) is 3.34. The van der Waals surface area contributed by atoms with Crippen LogP contribution in [0.1, 0.15) is 52.0 Å². The maximum atomic E-state index is 14.6. The van der Waals surface area contributed by atoms with Crippen molar-refractivity contribution < 1.29 is 9.50 Å². The average Bonchev–Trinajstić information content (AvgIpc) is 2.67. The van der Waals surface area contributed by atoms with Crippen LogP contribution in [0.5, 0.6) is 0 Å². The predicted octanol–water partition coefficient (Wildman–Crippen LogP) is 3.28. The number of hydrogen-bond donors (Lipinski definition) is 3. The summed E-state index contributed by atoms with van der Waals surface area (Å²) in [7, 11) is 0. The van der Waals surface area contributed by atoms with E-state index in [4.69, 9.17) is 0 Å². The largest absolute Gasteiger partial charge is 0.393 e. The van der Waals surface area contributed by atoms with Crippen LogP contribution in [-0.2, 0) is 6.54 Å². The quantitative estimate of drug-likeness (QED) is 0.480. The van der Waals surface area contributed by atoms with Crippen molar-refractivity contribution in [1.29, 1.82) is 0 Å². The van der Waals surface area contributed by atoms with Crippen LogP contribution < -0.4 is 15.5 Å². The second kappa shape index (κ2) is 11.1. The molecule has 5 nitrogen and oxygen atoms in total. The molecule has 1 aromatic carbocycles. The maximum Gasteiger partial charge on any atom is 0.191 e. The molecular formula is C21H35FN4O. The third kappa shape index (κ3) is 6.69. The molecule has 0 bridgehead atoms.